The molecule has 0 aliphatic heterocycles. The van der Waals surface area contributed by atoms with Crippen LogP contribution in [0.4, 0.5) is 4.39 Å². The maximum Gasteiger partial charge on any atom is 0.311 e. The summed E-state index contributed by atoms with van der Waals surface area (Å²) in [6, 6.07) is 4.62. The number of benzene rings is 1. The highest BCUT2D eigenvalue weighted by Gasteiger charge is 2.09. The van der Waals surface area contributed by atoms with Crippen LogP contribution in [0.15, 0.2) is 18.2 Å². The predicted octanol–water partition coefficient (Wildman–Crippen LogP) is 4.69. The molecule has 0 N–H and O–H groups in total. The molecule has 1 aromatic carbocycles. The molecule has 0 bridgehead atoms. The van der Waals surface area contributed by atoms with E-state index in [0.717, 1.165) is 20.3 Å². The van der Waals surface area contributed by atoms with Crippen molar-refractivity contribution in [3.05, 3.63) is 29.6 Å². The second kappa shape index (κ2) is 9.88. The lowest BCUT2D eigenvalue weighted by Crippen LogP contribution is -2.09. The fourth-order valence-electron chi connectivity index (χ4n) is 1.85. The number of esters is 1. The van der Waals surface area contributed by atoms with E-state index in [0.29, 0.717) is 6.42 Å². The molecule has 4 heteroatoms. The first-order valence-corrected chi connectivity index (χ1v) is 8.72. The van der Waals surface area contributed by atoms with Gasteiger partial charge in [0.25, 0.3) is 0 Å². The SMILES string of the molecule is CCCCCCPCCC(=O)Oc1ccc(C)cc1F. The van der Waals surface area contributed by atoms with Crippen LogP contribution in [0.1, 0.15) is 44.6 Å². The molecule has 2 nitrogen and oxygen atoms in total. The van der Waals surface area contributed by atoms with Crippen LogP contribution < -0.4 is 4.74 Å². The van der Waals surface area contributed by atoms with Crippen LogP contribution in [0, 0.1) is 12.7 Å². The Hall–Kier alpha value is -0.950. The molecule has 1 aromatic rings. The molecule has 0 saturated heterocycles. The van der Waals surface area contributed by atoms with Crippen molar-refractivity contribution in [3.63, 3.8) is 0 Å². The molecule has 0 aliphatic rings. The lowest BCUT2D eigenvalue weighted by Gasteiger charge is -2.06. The Labute approximate surface area is 122 Å². The third-order valence-electron chi connectivity index (χ3n) is 3.02. The van der Waals surface area contributed by atoms with Gasteiger partial charge in [-0.25, -0.2) is 4.39 Å². The quantitative estimate of drug-likeness (QED) is 0.286. The van der Waals surface area contributed by atoms with E-state index in [-0.39, 0.29) is 11.7 Å². The molecule has 0 amide bonds. The zero-order chi connectivity index (χ0) is 14.8. The highest BCUT2D eigenvalue weighted by Crippen LogP contribution is 2.20. The topological polar surface area (TPSA) is 26.3 Å². The maximum absolute atomic E-state index is 13.5. The summed E-state index contributed by atoms with van der Waals surface area (Å²) in [5, 5.41) is 0. The summed E-state index contributed by atoms with van der Waals surface area (Å²) in [6.07, 6.45) is 7.47. The minimum Gasteiger partial charge on any atom is -0.423 e. The van der Waals surface area contributed by atoms with E-state index in [2.05, 4.69) is 6.92 Å². The van der Waals surface area contributed by atoms with Gasteiger partial charge in [-0.3, -0.25) is 4.79 Å². The third-order valence-corrected chi connectivity index (χ3v) is 4.33. The van der Waals surface area contributed by atoms with Gasteiger partial charge in [0.15, 0.2) is 11.6 Å². The van der Waals surface area contributed by atoms with Gasteiger partial charge in [0, 0.05) is 6.42 Å². The van der Waals surface area contributed by atoms with Crippen molar-refractivity contribution in [2.45, 2.75) is 46.0 Å². The van der Waals surface area contributed by atoms with Crippen LogP contribution in [0.2, 0.25) is 0 Å². The molecule has 1 rings (SSSR count). The van der Waals surface area contributed by atoms with Crippen LogP contribution in [0.5, 0.6) is 5.75 Å². The molecule has 1 unspecified atom stereocenters. The van der Waals surface area contributed by atoms with Crippen molar-refractivity contribution in [2.75, 3.05) is 12.3 Å². The second-order valence-corrected chi connectivity index (χ2v) is 6.47. The van der Waals surface area contributed by atoms with Crippen molar-refractivity contribution in [2.24, 2.45) is 0 Å². The zero-order valence-electron chi connectivity index (χ0n) is 12.4. The van der Waals surface area contributed by atoms with Crippen molar-refractivity contribution in [3.8, 4) is 5.75 Å². The highest BCUT2D eigenvalue weighted by molar-refractivity contribution is 7.37. The fraction of sp³-hybridized carbons (Fsp3) is 0.562. The zero-order valence-corrected chi connectivity index (χ0v) is 13.4. The van der Waals surface area contributed by atoms with Gasteiger partial charge in [0.2, 0.25) is 0 Å². The van der Waals surface area contributed by atoms with Crippen LogP contribution in [-0.4, -0.2) is 18.3 Å². The minimum atomic E-state index is -0.472. The number of rotatable bonds is 9. The van der Waals surface area contributed by atoms with Gasteiger partial charge in [-0.05, 0) is 43.4 Å². The van der Waals surface area contributed by atoms with Crippen molar-refractivity contribution in [1.82, 2.24) is 0 Å². The maximum atomic E-state index is 13.5. The normalized spacial score (nSPS) is 11.2. The second-order valence-electron chi connectivity index (χ2n) is 4.97. The first-order valence-electron chi connectivity index (χ1n) is 7.31. The first kappa shape index (κ1) is 17.1. The number of unbranched alkanes of at least 4 members (excludes halogenated alkanes) is 3. The van der Waals surface area contributed by atoms with Gasteiger partial charge in [0.05, 0.1) is 0 Å². The van der Waals surface area contributed by atoms with E-state index in [1.54, 1.807) is 13.0 Å². The lowest BCUT2D eigenvalue weighted by atomic mass is 10.2. The van der Waals surface area contributed by atoms with Crippen LogP contribution in [0.3, 0.4) is 0 Å². The minimum absolute atomic E-state index is 0.0341. The number of aryl methyl sites for hydroxylation is 1. The summed E-state index contributed by atoms with van der Waals surface area (Å²) in [6.45, 7) is 4.00. The largest absolute Gasteiger partial charge is 0.423 e. The fourth-order valence-corrected chi connectivity index (χ4v) is 2.99. The number of halogens is 1. The Kier molecular flexibility index (Phi) is 8.45. The molecule has 0 aliphatic carbocycles. The molecule has 0 aromatic heterocycles. The summed E-state index contributed by atoms with van der Waals surface area (Å²) in [4.78, 5) is 11.6. The van der Waals surface area contributed by atoms with E-state index in [9.17, 15) is 9.18 Å². The highest BCUT2D eigenvalue weighted by atomic mass is 31.1. The Bertz CT molecular complexity index is 421. The van der Waals surface area contributed by atoms with Crippen molar-refractivity contribution in [1.29, 1.82) is 0 Å². The molecular formula is C16H24FO2P. The van der Waals surface area contributed by atoms with Crippen LogP contribution in [0.25, 0.3) is 0 Å². The summed E-state index contributed by atoms with van der Waals surface area (Å²) in [5.74, 6) is -0.777. The third kappa shape index (κ3) is 7.00. The van der Waals surface area contributed by atoms with Gasteiger partial charge >= 0.3 is 5.97 Å². The van der Waals surface area contributed by atoms with Gasteiger partial charge in [-0.2, -0.15) is 0 Å². The average molecular weight is 298 g/mol. The molecule has 0 fully saturated rings. The monoisotopic (exact) mass is 298 g/mol. The molecule has 0 spiro atoms. The van der Waals surface area contributed by atoms with Gasteiger partial charge in [0.1, 0.15) is 0 Å². The van der Waals surface area contributed by atoms with Crippen molar-refractivity contribution >= 4 is 14.6 Å². The molecular weight excluding hydrogens is 274 g/mol. The van der Waals surface area contributed by atoms with Crippen LogP contribution >= 0.6 is 8.58 Å². The van der Waals surface area contributed by atoms with E-state index in [4.69, 9.17) is 4.74 Å². The molecule has 1 atom stereocenters. The number of hydrogen-bond donors (Lipinski definition) is 0. The average Bonchev–Trinajstić information content (AvgIpc) is 2.41. The van der Waals surface area contributed by atoms with E-state index < -0.39 is 5.82 Å². The number of carbonyl (C=O) groups excluding carboxylic acids is 1. The number of hydrogen-bond acceptors (Lipinski definition) is 2. The van der Waals surface area contributed by atoms with E-state index in [1.807, 2.05) is 0 Å². The summed E-state index contributed by atoms with van der Waals surface area (Å²) < 4.78 is 18.5. The summed E-state index contributed by atoms with van der Waals surface area (Å²) in [7, 11) is 0.798. The van der Waals surface area contributed by atoms with Gasteiger partial charge in [-0.1, -0.05) is 32.3 Å². The molecule has 112 valence electrons. The predicted molar refractivity (Wildman–Crippen MR) is 83.6 cm³/mol. The van der Waals surface area contributed by atoms with E-state index in [1.165, 1.54) is 44.0 Å². The molecule has 0 radical (unpaired) electrons. The van der Waals surface area contributed by atoms with Crippen LogP contribution in [-0.2, 0) is 4.79 Å². The Morgan fingerprint density at radius 2 is 2.05 bits per heavy atom. The smallest absolute Gasteiger partial charge is 0.311 e. The lowest BCUT2D eigenvalue weighted by molar-refractivity contribution is -0.134. The Balaban J connectivity index is 2.17. The van der Waals surface area contributed by atoms with Gasteiger partial charge < -0.3 is 4.74 Å². The standard InChI is InChI=1S/C16H24FO2P/c1-3-4-5-6-10-20-11-9-16(18)19-15-8-7-13(2)12-14(15)17/h7-8,12,20H,3-6,9-11H2,1-2H3. The number of carbonyl (C=O) groups is 1. The Morgan fingerprint density at radius 3 is 2.75 bits per heavy atom. The summed E-state index contributed by atoms with van der Waals surface area (Å²) in [5.41, 5.74) is 0.816. The number of ether oxygens (including phenoxy) is 1. The molecule has 0 saturated carbocycles. The van der Waals surface area contributed by atoms with E-state index >= 15 is 0 Å². The van der Waals surface area contributed by atoms with Gasteiger partial charge in [-0.15, -0.1) is 8.58 Å². The Morgan fingerprint density at radius 1 is 1.25 bits per heavy atom. The first-order chi connectivity index (χ1) is 9.63. The molecule has 20 heavy (non-hydrogen) atoms. The summed E-state index contributed by atoms with van der Waals surface area (Å²) >= 11 is 0. The molecule has 0 heterocycles. The van der Waals surface area contributed by atoms with Crippen molar-refractivity contribution < 1.29 is 13.9 Å².